The second-order valence-electron chi connectivity index (χ2n) is 11.6. The Morgan fingerprint density at radius 3 is 0.865 bits per heavy atom. The molecule has 0 fully saturated rings. The van der Waals surface area contributed by atoms with Crippen molar-refractivity contribution in [2.75, 3.05) is 0 Å². The lowest BCUT2D eigenvalue weighted by Gasteiger charge is -2.04. The van der Waals surface area contributed by atoms with Crippen molar-refractivity contribution in [3.05, 3.63) is 24.3 Å². The van der Waals surface area contributed by atoms with Crippen molar-refractivity contribution < 1.29 is 4.79 Å². The Morgan fingerprint density at radius 1 is 0.324 bits per heavy atom. The van der Waals surface area contributed by atoms with E-state index < -0.39 is 0 Å². The van der Waals surface area contributed by atoms with E-state index in [2.05, 4.69) is 13.0 Å². The average molecular weight is 517 g/mol. The molecule has 0 saturated carbocycles. The molecule has 0 spiro atoms. The number of hydrogen-bond donors (Lipinski definition) is 0. The van der Waals surface area contributed by atoms with E-state index in [4.69, 9.17) is 0 Å². The Morgan fingerprint density at radius 2 is 0.595 bits per heavy atom. The predicted octanol–water partition coefficient (Wildman–Crippen LogP) is 13.0. The molecule has 1 nitrogen and oxygen atoms in total. The lowest BCUT2D eigenvalue weighted by molar-refractivity contribution is -0.104. The number of rotatable bonds is 32. The van der Waals surface area contributed by atoms with Gasteiger partial charge in [-0.2, -0.15) is 0 Å². The van der Waals surface area contributed by atoms with E-state index in [1.54, 1.807) is 6.08 Å². The lowest BCUT2D eigenvalue weighted by atomic mass is 10.0. The van der Waals surface area contributed by atoms with Gasteiger partial charge in [-0.1, -0.05) is 205 Å². The third-order valence-corrected chi connectivity index (χ3v) is 7.91. The molecule has 0 amide bonds. The fourth-order valence-corrected chi connectivity index (χ4v) is 5.39. The van der Waals surface area contributed by atoms with Crippen LogP contribution in [0.2, 0.25) is 0 Å². The molecule has 0 atom stereocenters. The zero-order chi connectivity index (χ0) is 26.7. The van der Waals surface area contributed by atoms with Gasteiger partial charge in [0.25, 0.3) is 0 Å². The summed E-state index contributed by atoms with van der Waals surface area (Å²) in [7, 11) is 0. The average Bonchev–Trinajstić information content (AvgIpc) is 2.91. The Balaban J connectivity index is 3.05. The molecule has 0 radical (unpaired) electrons. The summed E-state index contributed by atoms with van der Waals surface area (Å²) >= 11 is 0. The van der Waals surface area contributed by atoms with E-state index in [-0.39, 0.29) is 0 Å². The van der Waals surface area contributed by atoms with Crippen LogP contribution >= 0.6 is 0 Å². The SMILES string of the molecule is CCCCCCCCCCCCCCCCCCCCCCCCCCCCCCCC=CC=CC=O. The standard InChI is InChI=1S/C36H68O/c1-2-3-4-5-6-7-8-9-10-11-12-13-14-15-16-17-18-19-20-21-22-23-24-25-26-27-28-29-30-31-32-33-34-35-36-37/h32-36H,2-31H2,1H3. The maximum absolute atomic E-state index is 10.2. The van der Waals surface area contributed by atoms with Gasteiger partial charge in [-0.3, -0.25) is 4.79 Å². The largest absolute Gasteiger partial charge is 0.299 e. The van der Waals surface area contributed by atoms with Crippen LogP contribution < -0.4 is 0 Å². The van der Waals surface area contributed by atoms with E-state index >= 15 is 0 Å². The Bertz CT molecular complexity index is 463. The molecule has 0 rings (SSSR count). The summed E-state index contributed by atoms with van der Waals surface area (Å²) in [6.07, 6.45) is 51.5. The molecule has 0 aromatic rings. The smallest absolute Gasteiger partial charge is 0.142 e. The summed E-state index contributed by atoms with van der Waals surface area (Å²) in [4.78, 5) is 10.2. The van der Waals surface area contributed by atoms with E-state index in [9.17, 15) is 4.79 Å². The highest BCUT2D eigenvalue weighted by Crippen LogP contribution is 2.16. The van der Waals surface area contributed by atoms with Gasteiger partial charge in [-0.15, -0.1) is 0 Å². The van der Waals surface area contributed by atoms with Crippen molar-refractivity contribution in [3.63, 3.8) is 0 Å². The molecule has 0 bridgehead atoms. The van der Waals surface area contributed by atoms with Crippen molar-refractivity contribution >= 4 is 6.29 Å². The van der Waals surface area contributed by atoms with Gasteiger partial charge in [-0.25, -0.2) is 0 Å². The monoisotopic (exact) mass is 517 g/mol. The zero-order valence-electron chi connectivity index (χ0n) is 25.5. The van der Waals surface area contributed by atoms with E-state index in [1.807, 2.05) is 12.2 Å². The molecule has 37 heavy (non-hydrogen) atoms. The first kappa shape index (κ1) is 36.1. The summed E-state index contributed by atoms with van der Waals surface area (Å²) in [5, 5.41) is 0. The molecule has 0 heterocycles. The third kappa shape index (κ3) is 35.1. The fraction of sp³-hybridized carbons (Fsp3) is 0.861. The topological polar surface area (TPSA) is 17.1 Å². The highest BCUT2D eigenvalue weighted by atomic mass is 16.1. The van der Waals surface area contributed by atoms with Crippen LogP contribution in [0.5, 0.6) is 0 Å². The summed E-state index contributed by atoms with van der Waals surface area (Å²) in [6.45, 7) is 2.30. The number of hydrogen-bond acceptors (Lipinski definition) is 1. The van der Waals surface area contributed by atoms with E-state index in [1.165, 1.54) is 186 Å². The van der Waals surface area contributed by atoms with Gasteiger partial charge in [0.05, 0.1) is 0 Å². The van der Waals surface area contributed by atoms with Crippen LogP contribution in [0.25, 0.3) is 0 Å². The van der Waals surface area contributed by atoms with Crippen LogP contribution in [-0.2, 0) is 4.79 Å². The molecule has 0 aliphatic carbocycles. The molecule has 0 N–H and O–H groups in total. The minimum atomic E-state index is 0.827. The summed E-state index contributed by atoms with van der Waals surface area (Å²) in [5.41, 5.74) is 0. The van der Waals surface area contributed by atoms with Crippen molar-refractivity contribution in [2.45, 2.75) is 200 Å². The third-order valence-electron chi connectivity index (χ3n) is 7.91. The number of carbonyl (C=O) groups excluding carboxylic acids is 1. The number of aldehydes is 1. The van der Waals surface area contributed by atoms with Crippen LogP contribution in [0.4, 0.5) is 0 Å². The van der Waals surface area contributed by atoms with Gasteiger partial charge in [0.2, 0.25) is 0 Å². The second-order valence-corrected chi connectivity index (χ2v) is 11.6. The Hall–Kier alpha value is -0.850. The molecule has 0 aromatic heterocycles. The van der Waals surface area contributed by atoms with E-state index in [0.717, 1.165) is 12.7 Å². The first-order chi connectivity index (χ1) is 18.4. The molecule has 0 aromatic carbocycles. The molecule has 0 aliphatic rings. The van der Waals surface area contributed by atoms with Crippen LogP contribution in [0.1, 0.15) is 200 Å². The van der Waals surface area contributed by atoms with Gasteiger partial charge in [0.15, 0.2) is 0 Å². The van der Waals surface area contributed by atoms with Gasteiger partial charge in [0, 0.05) is 0 Å². The van der Waals surface area contributed by atoms with Crippen LogP contribution in [-0.4, -0.2) is 6.29 Å². The van der Waals surface area contributed by atoms with Gasteiger partial charge < -0.3 is 0 Å². The van der Waals surface area contributed by atoms with Crippen molar-refractivity contribution in [1.29, 1.82) is 0 Å². The molecule has 218 valence electrons. The number of unbranched alkanes of at least 4 members (excludes halogenated alkanes) is 29. The highest BCUT2D eigenvalue weighted by Gasteiger charge is 1.96. The Labute approximate surface area is 234 Å². The first-order valence-corrected chi connectivity index (χ1v) is 17.2. The first-order valence-electron chi connectivity index (χ1n) is 17.2. The van der Waals surface area contributed by atoms with Gasteiger partial charge >= 0.3 is 0 Å². The Kier molecular flexibility index (Phi) is 34.3. The van der Waals surface area contributed by atoms with Crippen LogP contribution in [0.3, 0.4) is 0 Å². The molecule has 0 aliphatic heterocycles. The van der Waals surface area contributed by atoms with Crippen LogP contribution in [0.15, 0.2) is 24.3 Å². The highest BCUT2D eigenvalue weighted by molar-refractivity contribution is 5.65. The van der Waals surface area contributed by atoms with Crippen molar-refractivity contribution in [2.24, 2.45) is 0 Å². The van der Waals surface area contributed by atoms with Crippen molar-refractivity contribution in [1.82, 2.24) is 0 Å². The van der Waals surface area contributed by atoms with Gasteiger partial charge in [0.1, 0.15) is 6.29 Å². The maximum Gasteiger partial charge on any atom is 0.142 e. The molecule has 1 heteroatoms. The number of carbonyl (C=O) groups is 1. The molecule has 0 saturated heterocycles. The van der Waals surface area contributed by atoms with Crippen LogP contribution in [0, 0.1) is 0 Å². The number of allylic oxidation sites excluding steroid dienone is 4. The second kappa shape index (κ2) is 35.2. The minimum Gasteiger partial charge on any atom is -0.299 e. The van der Waals surface area contributed by atoms with Crippen molar-refractivity contribution in [3.8, 4) is 0 Å². The summed E-state index contributed by atoms with van der Waals surface area (Å²) in [6, 6.07) is 0. The molecular formula is C36H68O. The van der Waals surface area contributed by atoms with E-state index in [0.29, 0.717) is 0 Å². The van der Waals surface area contributed by atoms with Gasteiger partial charge in [-0.05, 0) is 18.9 Å². The summed E-state index contributed by atoms with van der Waals surface area (Å²) in [5.74, 6) is 0. The predicted molar refractivity (Wildman–Crippen MR) is 169 cm³/mol. The quantitative estimate of drug-likeness (QED) is 0.0376. The summed E-state index contributed by atoms with van der Waals surface area (Å²) < 4.78 is 0. The molecule has 0 unspecified atom stereocenters. The fourth-order valence-electron chi connectivity index (χ4n) is 5.39. The minimum absolute atomic E-state index is 0.827. The normalized spacial score (nSPS) is 11.8. The zero-order valence-corrected chi connectivity index (χ0v) is 25.5. The molecular weight excluding hydrogens is 448 g/mol. The maximum atomic E-state index is 10.2. The lowest BCUT2D eigenvalue weighted by Crippen LogP contribution is -1.85.